The van der Waals surface area contributed by atoms with E-state index in [1.807, 2.05) is 245 Å². The molecule has 6 atom stereocenters. The van der Waals surface area contributed by atoms with Crippen LogP contribution in [0.5, 0.6) is 0 Å². The number of aryl methyl sites for hydroxylation is 10. The number of benzene rings is 5. The van der Waals surface area contributed by atoms with Crippen molar-refractivity contribution in [3.05, 3.63) is 269 Å². The summed E-state index contributed by atoms with van der Waals surface area (Å²) in [5.41, 5.74) is 24.7. The van der Waals surface area contributed by atoms with Gasteiger partial charge in [-0.05, 0) is 294 Å². The van der Waals surface area contributed by atoms with Gasteiger partial charge in [-0.1, -0.05) is 60.7 Å². The van der Waals surface area contributed by atoms with Crippen LogP contribution in [0.2, 0.25) is 0 Å². The van der Waals surface area contributed by atoms with E-state index in [4.69, 9.17) is 43.5 Å². The minimum atomic E-state index is -2.52. The lowest BCUT2D eigenvalue weighted by Gasteiger charge is -2.33. The van der Waals surface area contributed by atoms with Gasteiger partial charge in [0.1, 0.15) is 30.8 Å². The molecule has 136 heavy (non-hydrogen) atoms. The number of furan rings is 5. The van der Waals surface area contributed by atoms with Gasteiger partial charge in [0.05, 0.1) is 61.0 Å². The molecule has 5 aliphatic rings. The molecule has 15 aromatic heterocycles. The highest BCUT2D eigenvalue weighted by atomic mass is 16.4. The maximum atomic E-state index is 8.79. The molecular weight excluding hydrogens is 1690 g/mol. The van der Waals surface area contributed by atoms with Crippen LogP contribution >= 0.6 is 0 Å². The van der Waals surface area contributed by atoms with Crippen LogP contribution in [-0.4, -0.2) is 113 Å². The van der Waals surface area contributed by atoms with E-state index in [0.717, 1.165) is 178 Å². The normalized spacial score (nSPS) is 18.8. The number of hydrogen-bond acceptors (Lipinski definition) is 25. The Labute approximate surface area is 807 Å². The molecule has 0 N–H and O–H groups in total. The molecule has 25 nitrogen and oxygen atoms in total. The first-order chi connectivity index (χ1) is 70.1. The van der Waals surface area contributed by atoms with Gasteiger partial charge in [0.15, 0.2) is 57.0 Å². The van der Waals surface area contributed by atoms with Crippen molar-refractivity contribution < 1.29 is 38.5 Å². The number of hydrogen-bond donors (Lipinski definition) is 0. The van der Waals surface area contributed by atoms with Gasteiger partial charge in [0, 0.05) is 158 Å². The Kier molecular flexibility index (Phi) is 18.3. The summed E-state index contributed by atoms with van der Waals surface area (Å²) < 4.78 is 130. The number of rotatable bonds is 8. The van der Waals surface area contributed by atoms with Crippen LogP contribution in [-0.2, 0) is 0 Å². The molecule has 686 valence electrons. The fourth-order valence-electron chi connectivity index (χ4n) is 20.4. The molecule has 0 amide bonds. The fraction of sp³-hybridized carbons (Fsp3) is 0.279. The summed E-state index contributed by atoms with van der Waals surface area (Å²) in [7, 11) is 0. The smallest absolute Gasteiger partial charge is 0.227 e. The second kappa shape index (κ2) is 33.6. The Balaban J connectivity index is 0.000000108. The first kappa shape index (κ1) is 74.1. The summed E-state index contributed by atoms with van der Waals surface area (Å²) in [4.78, 5) is 64.5. The molecular formula is C111H112N20O5. The lowest BCUT2D eigenvalue weighted by Crippen LogP contribution is -2.42. The summed E-state index contributed by atoms with van der Waals surface area (Å²) >= 11 is 0. The summed E-state index contributed by atoms with van der Waals surface area (Å²) in [6, 6.07) is 56.1. The molecule has 0 bridgehead atoms. The molecule has 5 aliphatic heterocycles. The molecule has 25 heteroatoms. The largest absolute Gasteiger partial charge is 0.435 e. The van der Waals surface area contributed by atoms with Crippen molar-refractivity contribution in [2.75, 3.05) is 63.0 Å². The van der Waals surface area contributed by atoms with Crippen molar-refractivity contribution in [3.8, 4) is 0 Å². The molecule has 0 saturated heterocycles. The van der Waals surface area contributed by atoms with Gasteiger partial charge in [-0.15, -0.1) is 0 Å². The molecule has 0 fully saturated rings. The van der Waals surface area contributed by atoms with Crippen molar-refractivity contribution in [1.29, 1.82) is 0 Å². The van der Waals surface area contributed by atoms with Crippen LogP contribution < -0.4 is 49.0 Å². The maximum Gasteiger partial charge on any atom is 0.227 e. The van der Waals surface area contributed by atoms with E-state index in [2.05, 4.69) is 130 Å². The molecule has 0 saturated carbocycles. The minimum Gasteiger partial charge on any atom is -0.435 e. The van der Waals surface area contributed by atoms with Gasteiger partial charge >= 0.3 is 0 Å². The third kappa shape index (κ3) is 14.1. The van der Waals surface area contributed by atoms with Gasteiger partial charge in [-0.2, -0.15) is 0 Å². The van der Waals surface area contributed by atoms with Crippen molar-refractivity contribution in [2.24, 2.45) is 0 Å². The monoisotopic (exact) mass is 1820 g/mol. The molecule has 5 aromatic carbocycles. The summed E-state index contributed by atoms with van der Waals surface area (Å²) in [5, 5.41) is 9.76. The molecule has 0 aliphatic carbocycles. The van der Waals surface area contributed by atoms with E-state index < -0.39 is 57.4 Å². The minimum absolute atomic E-state index is 0.0837. The van der Waals surface area contributed by atoms with Gasteiger partial charge in [-0.25, -0.2) is 49.8 Å². The number of nitrogens with zero attached hydrogens (tertiary/aromatic N) is 20. The Morgan fingerprint density at radius 2 is 0.507 bits per heavy atom. The van der Waals surface area contributed by atoms with E-state index in [1.165, 1.54) is 16.7 Å². The van der Waals surface area contributed by atoms with Gasteiger partial charge in [0.25, 0.3) is 0 Å². The Hall–Kier alpha value is -15.4. The van der Waals surface area contributed by atoms with E-state index in [0.29, 0.717) is 74.1 Å². The molecule has 20 aromatic rings. The third-order valence-corrected chi connectivity index (χ3v) is 26.6. The van der Waals surface area contributed by atoms with Crippen LogP contribution in [0.4, 0.5) is 86.0 Å². The highest BCUT2D eigenvalue weighted by Gasteiger charge is 2.44. The van der Waals surface area contributed by atoms with Crippen molar-refractivity contribution in [2.45, 2.75) is 194 Å². The fourth-order valence-corrected chi connectivity index (χ4v) is 20.4. The van der Waals surface area contributed by atoms with E-state index in [-0.39, 0.29) is 12.3 Å². The molecule has 20 heterocycles. The van der Waals surface area contributed by atoms with Gasteiger partial charge in [-0.3, -0.25) is 0 Å². The topological polar surface area (TPSA) is 227 Å². The second-order valence-corrected chi connectivity index (χ2v) is 36.1. The number of anilines is 15. The van der Waals surface area contributed by atoms with E-state index in [1.54, 1.807) is 54.1 Å². The van der Waals surface area contributed by atoms with Gasteiger partial charge in [0.2, 0.25) is 28.6 Å². The quantitative estimate of drug-likeness (QED) is 0.138. The van der Waals surface area contributed by atoms with E-state index >= 15 is 0 Å². The number of fused-ring (bicyclic) bond motifs is 20. The Bertz CT molecular complexity index is 7940. The SMILES string of the molecule is [2H]C(C)(C)N1c2cccnc2N(c2c(C)ccc3c2oc2nc(C)ccc23)C1C.[2H]C(C)(C)N1c2ncccc2N(c2c(C)ccc3c2oc2nc(C)ccc23)C1C.[2H]C([2H])([2H])C([2H])(C)N1c2cccnc2N(c2c(C)ccc3c2oc2nc(C)ccc23)C1C.[2H]C([2H])([2H])N1c2cccnc2N(c2c(C)ccc3c2oc2nc(C)ccc23)C1C.[2H]C([2H])([2H])N1c2ncccc2N(c2c(C)ccc3c2oc2nc(C)ccc23)C1C. The van der Waals surface area contributed by atoms with Crippen LogP contribution in [0, 0.1) is 69.2 Å². The predicted octanol–water partition coefficient (Wildman–Crippen LogP) is 27.0. The highest BCUT2D eigenvalue weighted by molar-refractivity contribution is 6.15. The van der Waals surface area contributed by atoms with Crippen molar-refractivity contribution in [1.82, 2.24) is 49.8 Å². The van der Waals surface area contributed by atoms with E-state index in [9.17, 15) is 0 Å². The molecule has 0 radical (unpaired) electrons. The van der Waals surface area contributed by atoms with Crippen LogP contribution in [0.3, 0.4) is 0 Å². The zero-order valence-electron chi connectivity index (χ0n) is 91.6. The maximum absolute atomic E-state index is 8.79. The highest BCUT2D eigenvalue weighted by Crippen LogP contribution is 2.55. The predicted molar refractivity (Wildman–Crippen MR) is 554 cm³/mol. The molecule has 0 spiro atoms. The number of aromatic nitrogens is 10. The second-order valence-electron chi connectivity index (χ2n) is 36.1. The van der Waals surface area contributed by atoms with Crippen molar-refractivity contribution in [3.63, 3.8) is 0 Å². The first-order valence-corrected chi connectivity index (χ1v) is 45.8. The zero-order valence-corrected chi connectivity index (χ0v) is 79.6. The Morgan fingerprint density at radius 3 is 0.831 bits per heavy atom. The molecule has 25 rings (SSSR count). The zero-order chi connectivity index (χ0) is 105. The summed E-state index contributed by atoms with van der Waals surface area (Å²) in [6.45, 7) is 31.6. The first-order valence-electron chi connectivity index (χ1n) is 51.8. The van der Waals surface area contributed by atoms with Crippen LogP contribution in [0.25, 0.3) is 110 Å². The average Bonchev–Trinajstić information content (AvgIpc) is 1.62. The summed E-state index contributed by atoms with van der Waals surface area (Å²) in [6.07, 6.45) is 7.01. The number of pyridine rings is 10. The lowest BCUT2D eigenvalue weighted by molar-refractivity contribution is 0.597. The van der Waals surface area contributed by atoms with Crippen LogP contribution in [0.1, 0.15) is 149 Å². The third-order valence-electron chi connectivity index (χ3n) is 26.6. The summed E-state index contributed by atoms with van der Waals surface area (Å²) in [5.74, 6) is 3.32. The van der Waals surface area contributed by atoms with Gasteiger partial charge < -0.3 is 71.1 Å². The lowest BCUT2D eigenvalue weighted by atomic mass is 10.1. The standard InChI is InChI=1S/3C23H24N4O.2C21H20N4O/c1-13(2)26-16(5)27(19-7-6-12-24-22(19)26)20-14(3)8-10-17-18-11-9-15(4)25-23(18)28-21(17)20;2*1-13(2)26-16(5)27(22-19(26)7-6-12-24-22)20-14(3)8-10-17-18-11-9-15(4)25-23(18)28-21(17)20;1-12-7-9-15-16-10-8-13(2)23-21(16)26-19(15)18(12)25-14(3)24(4)20-17(25)6-5-11-22-20;1-12-7-9-15-16-10-8-13(2)23-21(16)26-19(15)18(12)25-14(3)24(4)17-6-5-11-22-20(17)25/h3*6-13,16H,1-5H3;2*5-11,14H,1-4H3/i13D;1D3,13D;13D;2*4D3. The van der Waals surface area contributed by atoms with Crippen LogP contribution in [0.15, 0.2) is 235 Å². The molecule has 6 unspecified atom stereocenters. The average molecular weight is 1820 g/mol. The van der Waals surface area contributed by atoms with Crippen molar-refractivity contribution >= 4 is 196 Å². The Morgan fingerprint density at radius 1 is 0.257 bits per heavy atom.